The zero-order chi connectivity index (χ0) is 18.7. The Kier molecular flexibility index (Phi) is 5.87. The summed E-state index contributed by atoms with van der Waals surface area (Å²) in [7, 11) is 0. The van der Waals surface area contributed by atoms with Crippen molar-refractivity contribution < 1.29 is 9.59 Å². The molecule has 1 aromatic carbocycles. The van der Waals surface area contributed by atoms with Crippen LogP contribution in [0.3, 0.4) is 0 Å². The van der Waals surface area contributed by atoms with E-state index in [0.717, 1.165) is 24.1 Å². The fourth-order valence-corrected chi connectivity index (χ4v) is 3.80. The topological polar surface area (TPSA) is 61.4 Å². The summed E-state index contributed by atoms with van der Waals surface area (Å²) in [5.41, 5.74) is 4.81. The SMILES string of the molecule is CC1CCCC(NC(=O)CN2NC(c3ccc(Cl)cc3)=CCC2=O)C1C. The second kappa shape index (κ2) is 8.12. The zero-order valence-corrected chi connectivity index (χ0v) is 16.1. The maximum Gasteiger partial charge on any atom is 0.245 e. The second-order valence-corrected chi connectivity index (χ2v) is 7.80. The Hall–Kier alpha value is -2.01. The third-order valence-corrected chi connectivity index (χ3v) is 5.80. The van der Waals surface area contributed by atoms with Gasteiger partial charge in [-0.15, -0.1) is 0 Å². The summed E-state index contributed by atoms with van der Waals surface area (Å²) in [5.74, 6) is 0.850. The summed E-state index contributed by atoms with van der Waals surface area (Å²) in [6, 6.07) is 7.58. The van der Waals surface area contributed by atoms with Crippen LogP contribution in [-0.2, 0) is 9.59 Å². The van der Waals surface area contributed by atoms with E-state index in [2.05, 4.69) is 24.6 Å². The summed E-state index contributed by atoms with van der Waals surface area (Å²) in [6.45, 7) is 4.45. The van der Waals surface area contributed by atoms with Gasteiger partial charge in [0.05, 0.1) is 5.70 Å². The van der Waals surface area contributed by atoms with Crippen molar-refractivity contribution in [2.75, 3.05) is 6.54 Å². The molecule has 1 aromatic rings. The van der Waals surface area contributed by atoms with Crippen molar-refractivity contribution in [1.29, 1.82) is 0 Å². The first-order chi connectivity index (χ1) is 12.4. The van der Waals surface area contributed by atoms with Crippen LogP contribution in [0.1, 0.15) is 45.1 Å². The van der Waals surface area contributed by atoms with E-state index in [0.29, 0.717) is 16.9 Å². The standard InChI is InChI=1S/C20H26ClN3O2/c1-13-4-3-5-17(14(13)2)22-19(25)12-24-20(26)11-10-18(23-24)15-6-8-16(21)9-7-15/h6-10,13-14,17,23H,3-5,11-12H2,1-2H3,(H,22,25). The van der Waals surface area contributed by atoms with Gasteiger partial charge in [0.1, 0.15) is 6.54 Å². The average Bonchev–Trinajstić information content (AvgIpc) is 2.62. The highest BCUT2D eigenvalue weighted by Crippen LogP contribution is 2.29. The Labute approximate surface area is 159 Å². The van der Waals surface area contributed by atoms with Gasteiger partial charge in [0.15, 0.2) is 0 Å². The molecule has 3 unspecified atom stereocenters. The van der Waals surface area contributed by atoms with Gasteiger partial charge in [0.2, 0.25) is 11.8 Å². The molecule has 2 aliphatic rings. The fourth-order valence-electron chi connectivity index (χ4n) is 3.67. The number of rotatable bonds is 4. The normalized spacial score (nSPS) is 26.1. The lowest BCUT2D eigenvalue weighted by Crippen LogP contribution is -2.52. The van der Waals surface area contributed by atoms with E-state index in [-0.39, 0.29) is 30.8 Å². The molecule has 3 atom stereocenters. The molecular formula is C20H26ClN3O2. The van der Waals surface area contributed by atoms with Crippen LogP contribution in [0.2, 0.25) is 5.02 Å². The van der Waals surface area contributed by atoms with Gasteiger partial charge in [0.25, 0.3) is 0 Å². The second-order valence-electron chi connectivity index (χ2n) is 7.36. The summed E-state index contributed by atoms with van der Waals surface area (Å²) < 4.78 is 0. The quantitative estimate of drug-likeness (QED) is 0.848. The molecule has 1 fully saturated rings. The van der Waals surface area contributed by atoms with Gasteiger partial charge in [-0.3, -0.25) is 15.0 Å². The Morgan fingerprint density at radius 1 is 1.27 bits per heavy atom. The van der Waals surface area contributed by atoms with Gasteiger partial charge in [-0.2, -0.15) is 0 Å². The van der Waals surface area contributed by atoms with E-state index in [1.807, 2.05) is 18.2 Å². The minimum absolute atomic E-state index is 0.0152. The van der Waals surface area contributed by atoms with E-state index in [1.54, 1.807) is 12.1 Å². The summed E-state index contributed by atoms with van der Waals surface area (Å²) in [6.07, 6.45) is 5.48. The van der Waals surface area contributed by atoms with Gasteiger partial charge in [-0.05, 0) is 42.0 Å². The van der Waals surface area contributed by atoms with Crippen LogP contribution < -0.4 is 10.7 Å². The predicted molar refractivity (Wildman–Crippen MR) is 103 cm³/mol. The predicted octanol–water partition coefficient (Wildman–Crippen LogP) is 3.36. The molecule has 3 rings (SSSR count). The highest BCUT2D eigenvalue weighted by Gasteiger charge is 2.29. The molecule has 6 heteroatoms. The molecule has 1 aliphatic carbocycles. The van der Waals surface area contributed by atoms with Crippen LogP contribution >= 0.6 is 11.6 Å². The number of halogens is 1. The lowest BCUT2D eigenvalue weighted by atomic mass is 9.78. The Balaban J connectivity index is 1.60. The molecule has 2 N–H and O–H groups in total. The molecule has 5 nitrogen and oxygen atoms in total. The average molecular weight is 376 g/mol. The fraction of sp³-hybridized carbons (Fsp3) is 0.500. The highest BCUT2D eigenvalue weighted by atomic mass is 35.5. The van der Waals surface area contributed by atoms with Crippen molar-refractivity contribution >= 4 is 29.1 Å². The van der Waals surface area contributed by atoms with E-state index in [4.69, 9.17) is 11.6 Å². The number of nitrogens with zero attached hydrogens (tertiary/aromatic N) is 1. The Bertz CT molecular complexity index is 702. The maximum absolute atomic E-state index is 12.5. The molecule has 26 heavy (non-hydrogen) atoms. The van der Waals surface area contributed by atoms with Gasteiger partial charge >= 0.3 is 0 Å². The maximum atomic E-state index is 12.5. The smallest absolute Gasteiger partial charge is 0.245 e. The van der Waals surface area contributed by atoms with Crippen molar-refractivity contribution in [3.05, 3.63) is 40.9 Å². The minimum atomic E-state index is -0.117. The third-order valence-electron chi connectivity index (χ3n) is 5.55. The van der Waals surface area contributed by atoms with Gasteiger partial charge in [-0.25, -0.2) is 5.01 Å². The number of hydrogen-bond donors (Lipinski definition) is 2. The van der Waals surface area contributed by atoms with E-state index in [9.17, 15) is 9.59 Å². The summed E-state index contributed by atoms with van der Waals surface area (Å²) in [4.78, 5) is 24.7. The number of carbonyl (C=O) groups is 2. The zero-order valence-electron chi connectivity index (χ0n) is 15.3. The van der Waals surface area contributed by atoms with Crippen molar-refractivity contribution in [3.8, 4) is 0 Å². The lowest BCUT2D eigenvalue weighted by molar-refractivity contribution is -0.138. The number of hydrazine groups is 1. The van der Waals surface area contributed by atoms with E-state index in [1.165, 1.54) is 11.4 Å². The van der Waals surface area contributed by atoms with Crippen molar-refractivity contribution in [3.63, 3.8) is 0 Å². The monoisotopic (exact) mass is 375 g/mol. The number of hydrogen-bond acceptors (Lipinski definition) is 3. The van der Waals surface area contributed by atoms with Crippen LogP contribution in [0.15, 0.2) is 30.3 Å². The van der Waals surface area contributed by atoms with E-state index >= 15 is 0 Å². The highest BCUT2D eigenvalue weighted by molar-refractivity contribution is 6.30. The first-order valence-electron chi connectivity index (χ1n) is 9.26. The number of nitrogens with one attached hydrogen (secondary N) is 2. The Morgan fingerprint density at radius 2 is 2.00 bits per heavy atom. The molecule has 1 saturated carbocycles. The molecule has 0 saturated heterocycles. The minimum Gasteiger partial charge on any atom is -0.351 e. The van der Waals surface area contributed by atoms with Gasteiger partial charge < -0.3 is 5.32 Å². The van der Waals surface area contributed by atoms with Crippen LogP contribution in [0, 0.1) is 11.8 Å². The molecular weight excluding hydrogens is 350 g/mol. The lowest BCUT2D eigenvalue weighted by Gasteiger charge is -2.35. The molecule has 1 aliphatic heterocycles. The number of carbonyl (C=O) groups excluding carboxylic acids is 2. The summed E-state index contributed by atoms with van der Waals surface area (Å²) in [5, 5.41) is 5.18. The van der Waals surface area contributed by atoms with Gasteiger partial charge in [-0.1, -0.05) is 50.4 Å². The largest absolute Gasteiger partial charge is 0.351 e. The number of benzene rings is 1. The van der Waals surface area contributed by atoms with Crippen LogP contribution in [0.5, 0.6) is 0 Å². The van der Waals surface area contributed by atoms with Gasteiger partial charge in [0, 0.05) is 17.5 Å². The molecule has 0 spiro atoms. The van der Waals surface area contributed by atoms with Crippen molar-refractivity contribution in [2.45, 2.75) is 45.6 Å². The summed E-state index contributed by atoms with van der Waals surface area (Å²) >= 11 is 5.93. The molecule has 0 radical (unpaired) electrons. The number of amides is 2. The van der Waals surface area contributed by atoms with Crippen LogP contribution in [-0.4, -0.2) is 29.4 Å². The molecule has 1 heterocycles. The molecule has 2 amide bonds. The third kappa shape index (κ3) is 4.39. The first kappa shape index (κ1) is 18.8. The van der Waals surface area contributed by atoms with E-state index < -0.39 is 0 Å². The van der Waals surface area contributed by atoms with Crippen molar-refractivity contribution in [1.82, 2.24) is 15.8 Å². The molecule has 140 valence electrons. The van der Waals surface area contributed by atoms with Crippen LogP contribution in [0.4, 0.5) is 0 Å². The van der Waals surface area contributed by atoms with Crippen LogP contribution in [0.25, 0.3) is 5.70 Å². The Morgan fingerprint density at radius 3 is 2.73 bits per heavy atom. The molecule has 0 aromatic heterocycles. The first-order valence-corrected chi connectivity index (χ1v) is 9.64. The van der Waals surface area contributed by atoms with Crippen molar-refractivity contribution in [2.24, 2.45) is 11.8 Å². The molecule has 0 bridgehead atoms.